The molecule has 1 amide bonds. The highest BCUT2D eigenvalue weighted by Gasteiger charge is 2.45. The van der Waals surface area contributed by atoms with Crippen molar-refractivity contribution in [3.05, 3.63) is 64.4 Å². The Hall–Kier alpha value is -2.90. The number of aromatic nitrogens is 1. The van der Waals surface area contributed by atoms with Crippen LogP contribution in [-0.4, -0.2) is 65.9 Å². The predicted octanol–water partition coefficient (Wildman–Crippen LogP) is 2.73. The summed E-state index contributed by atoms with van der Waals surface area (Å²) in [6.07, 6.45) is 3.18. The van der Waals surface area contributed by atoms with Crippen molar-refractivity contribution in [2.75, 3.05) is 34.3 Å². The number of pyridine rings is 1. The van der Waals surface area contributed by atoms with Gasteiger partial charge in [0.25, 0.3) is 11.7 Å². The Morgan fingerprint density at radius 3 is 2.52 bits per heavy atom. The zero-order chi connectivity index (χ0) is 21.1. The van der Waals surface area contributed by atoms with Gasteiger partial charge in [-0.05, 0) is 50.0 Å². The molecule has 0 radical (unpaired) electrons. The quantitative estimate of drug-likeness (QED) is 0.443. The summed E-state index contributed by atoms with van der Waals surface area (Å²) in [5, 5.41) is 11.3. The van der Waals surface area contributed by atoms with E-state index in [0.29, 0.717) is 35.0 Å². The first kappa shape index (κ1) is 20.8. The van der Waals surface area contributed by atoms with Gasteiger partial charge in [-0.25, -0.2) is 0 Å². The van der Waals surface area contributed by atoms with Crippen molar-refractivity contribution < 1.29 is 19.4 Å². The van der Waals surface area contributed by atoms with Crippen molar-refractivity contribution >= 4 is 29.1 Å². The number of benzene rings is 1. The van der Waals surface area contributed by atoms with E-state index in [1.165, 1.54) is 18.1 Å². The molecule has 1 aromatic heterocycles. The third-order valence-electron chi connectivity index (χ3n) is 4.78. The van der Waals surface area contributed by atoms with E-state index in [0.717, 1.165) is 0 Å². The number of aliphatic hydroxyl groups is 1. The first-order valence-corrected chi connectivity index (χ1v) is 9.40. The molecule has 1 unspecified atom stereocenters. The molecule has 2 aromatic rings. The molecule has 2 heterocycles. The number of ether oxygens (including phenoxy) is 1. The number of Topliss-reactive ketones (excluding diaryl/α,β-unsaturated/α-hetero) is 1. The first-order chi connectivity index (χ1) is 13.8. The van der Waals surface area contributed by atoms with E-state index in [1.54, 1.807) is 36.7 Å². The van der Waals surface area contributed by atoms with E-state index in [-0.39, 0.29) is 11.3 Å². The van der Waals surface area contributed by atoms with Gasteiger partial charge in [0.05, 0.1) is 23.7 Å². The fourth-order valence-electron chi connectivity index (χ4n) is 3.28. The van der Waals surface area contributed by atoms with E-state index in [2.05, 4.69) is 4.98 Å². The zero-order valence-electron chi connectivity index (χ0n) is 16.4. The molecule has 0 spiro atoms. The molecule has 1 fully saturated rings. The average Bonchev–Trinajstić information content (AvgIpc) is 2.97. The largest absolute Gasteiger partial charge is 0.507 e. The molecule has 0 aliphatic carbocycles. The maximum atomic E-state index is 12.9. The molecule has 0 saturated carbocycles. The van der Waals surface area contributed by atoms with Crippen LogP contribution in [0.5, 0.6) is 5.75 Å². The lowest BCUT2D eigenvalue weighted by atomic mass is 9.96. The summed E-state index contributed by atoms with van der Waals surface area (Å²) in [4.78, 5) is 33.0. The Morgan fingerprint density at radius 2 is 1.93 bits per heavy atom. The van der Waals surface area contributed by atoms with Crippen LogP contribution < -0.4 is 4.74 Å². The second-order valence-electron chi connectivity index (χ2n) is 6.93. The van der Waals surface area contributed by atoms with Crippen molar-refractivity contribution in [3.63, 3.8) is 0 Å². The molecule has 1 atom stereocenters. The van der Waals surface area contributed by atoms with Gasteiger partial charge in [-0.2, -0.15) is 0 Å². The van der Waals surface area contributed by atoms with Crippen LogP contribution >= 0.6 is 11.6 Å². The molecule has 29 heavy (non-hydrogen) atoms. The van der Waals surface area contributed by atoms with Gasteiger partial charge in [-0.15, -0.1) is 0 Å². The van der Waals surface area contributed by atoms with E-state index in [4.69, 9.17) is 16.3 Å². The smallest absolute Gasteiger partial charge is 0.295 e. The lowest BCUT2D eigenvalue weighted by Gasteiger charge is -2.26. The monoisotopic (exact) mass is 415 g/mol. The highest BCUT2D eigenvalue weighted by atomic mass is 35.5. The maximum absolute atomic E-state index is 12.9. The van der Waals surface area contributed by atoms with Gasteiger partial charge < -0.3 is 19.6 Å². The Morgan fingerprint density at radius 1 is 1.24 bits per heavy atom. The molecular formula is C21H22ClN3O4. The van der Waals surface area contributed by atoms with Crippen molar-refractivity contribution in [2.45, 2.75) is 6.04 Å². The number of nitrogens with zero attached hydrogens (tertiary/aromatic N) is 3. The lowest BCUT2D eigenvalue weighted by Crippen LogP contribution is -2.35. The number of hydrogen-bond donors (Lipinski definition) is 1. The Bertz CT molecular complexity index is 960. The zero-order valence-corrected chi connectivity index (χ0v) is 17.2. The topological polar surface area (TPSA) is 83.0 Å². The number of carbonyl (C=O) groups is 2. The van der Waals surface area contributed by atoms with Crippen molar-refractivity contribution in [3.8, 4) is 5.75 Å². The molecule has 1 aromatic carbocycles. The molecule has 1 saturated heterocycles. The highest BCUT2D eigenvalue weighted by Crippen LogP contribution is 2.39. The molecule has 1 aliphatic rings. The van der Waals surface area contributed by atoms with Crippen LogP contribution in [0, 0.1) is 0 Å². The summed E-state index contributed by atoms with van der Waals surface area (Å²) in [5.41, 5.74) is 1.06. The lowest BCUT2D eigenvalue weighted by molar-refractivity contribution is -0.140. The highest BCUT2D eigenvalue weighted by molar-refractivity contribution is 6.46. The number of likely N-dealkylation sites (tertiary alicyclic amines) is 1. The second-order valence-corrected chi connectivity index (χ2v) is 7.33. The van der Waals surface area contributed by atoms with Crippen molar-refractivity contribution in [1.29, 1.82) is 0 Å². The van der Waals surface area contributed by atoms with Crippen LogP contribution in [0.4, 0.5) is 0 Å². The number of carbonyl (C=O) groups excluding carboxylic acids is 2. The fourth-order valence-corrected chi connectivity index (χ4v) is 3.54. The van der Waals surface area contributed by atoms with Gasteiger partial charge in [0.15, 0.2) is 0 Å². The summed E-state index contributed by atoms with van der Waals surface area (Å²) < 4.78 is 5.13. The molecule has 7 nitrogen and oxygen atoms in total. The van der Waals surface area contributed by atoms with Crippen LogP contribution in [0.2, 0.25) is 5.02 Å². The minimum atomic E-state index is -0.727. The Kier molecular flexibility index (Phi) is 6.20. The van der Waals surface area contributed by atoms with Crippen molar-refractivity contribution in [2.24, 2.45) is 0 Å². The van der Waals surface area contributed by atoms with Gasteiger partial charge >= 0.3 is 0 Å². The van der Waals surface area contributed by atoms with Gasteiger partial charge in [0.2, 0.25) is 0 Å². The average molecular weight is 416 g/mol. The van der Waals surface area contributed by atoms with Gasteiger partial charge in [-0.3, -0.25) is 14.6 Å². The minimum absolute atomic E-state index is 0.0289. The summed E-state index contributed by atoms with van der Waals surface area (Å²) in [5.74, 6) is -1.20. The summed E-state index contributed by atoms with van der Waals surface area (Å²) in [7, 11) is 5.26. The van der Waals surface area contributed by atoms with Crippen LogP contribution in [0.3, 0.4) is 0 Å². The molecule has 152 valence electrons. The second kappa shape index (κ2) is 8.63. The van der Waals surface area contributed by atoms with E-state index in [9.17, 15) is 14.7 Å². The summed E-state index contributed by atoms with van der Waals surface area (Å²) in [6.45, 7) is 0.910. The number of aliphatic hydroxyl groups excluding tert-OH is 1. The third kappa shape index (κ3) is 4.11. The van der Waals surface area contributed by atoms with E-state index in [1.807, 2.05) is 19.0 Å². The number of hydrogen-bond acceptors (Lipinski definition) is 6. The van der Waals surface area contributed by atoms with E-state index < -0.39 is 17.7 Å². The maximum Gasteiger partial charge on any atom is 0.295 e. The van der Waals surface area contributed by atoms with Crippen molar-refractivity contribution in [1.82, 2.24) is 14.8 Å². The number of rotatable bonds is 6. The SMILES string of the molecule is COc1ccc(/C(O)=C2/C(=O)C(=O)N(CCN(C)C)C2c2ccncc2)cc1Cl. The fraction of sp³-hybridized carbons (Fsp3) is 0.286. The molecule has 8 heteroatoms. The Labute approximate surface area is 174 Å². The molecule has 0 bridgehead atoms. The van der Waals surface area contributed by atoms with Crippen LogP contribution in [0.25, 0.3) is 5.76 Å². The number of likely N-dealkylation sites (N-methyl/N-ethyl adjacent to an activating group) is 1. The van der Waals surface area contributed by atoms with Crippen LogP contribution in [0.15, 0.2) is 48.3 Å². The third-order valence-corrected chi connectivity index (χ3v) is 5.07. The van der Waals surface area contributed by atoms with Crippen LogP contribution in [0.1, 0.15) is 17.2 Å². The minimum Gasteiger partial charge on any atom is -0.507 e. The normalized spacial score (nSPS) is 18.5. The number of ketones is 1. The number of methoxy groups -OCH3 is 1. The number of halogens is 1. The molecule has 3 rings (SSSR count). The standard InChI is InChI=1S/C21H22ClN3O4/c1-24(2)10-11-25-18(13-6-8-23-9-7-13)17(20(27)21(25)28)19(26)14-4-5-16(29-3)15(22)12-14/h4-9,12,18,26H,10-11H2,1-3H3/b19-17-. The van der Waals surface area contributed by atoms with Gasteiger partial charge in [0, 0.05) is 31.0 Å². The molecule has 1 N–H and O–H groups in total. The van der Waals surface area contributed by atoms with Crippen LogP contribution in [-0.2, 0) is 9.59 Å². The van der Waals surface area contributed by atoms with Gasteiger partial charge in [0.1, 0.15) is 11.5 Å². The Balaban J connectivity index is 2.13. The summed E-state index contributed by atoms with van der Waals surface area (Å²) in [6, 6.07) is 7.45. The summed E-state index contributed by atoms with van der Waals surface area (Å²) >= 11 is 6.18. The molecular weight excluding hydrogens is 394 g/mol. The predicted molar refractivity (Wildman–Crippen MR) is 110 cm³/mol. The first-order valence-electron chi connectivity index (χ1n) is 9.02. The molecule has 1 aliphatic heterocycles. The number of amides is 1. The van der Waals surface area contributed by atoms with Gasteiger partial charge in [-0.1, -0.05) is 11.6 Å². The van der Waals surface area contributed by atoms with E-state index >= 15 is 0 Å².